The summed E-state index contributed by atoms with van der Waals surface area (Å²) in [5.74, 6) is -1.29. The van der Waals surface area contributed by atoms with Crippen molar-refractivity contribution < 1.29 is 23.8 Å². The second kappa shape index (κ2) is 8.26. The Morgan fingerprint density at radius 3 is 2.66 bits per heavy atom. The molecule has 9 heteroatoms. The van der Waals surface area contributed by atoms with Crippen LogP contribution in [0.5, 0.6) is 17.4 Å². The summed E-state index contributed by atoms with van der Waals surface area (Å²) in [6, 6.07) is 4.31. The van der Waals surface area contributed by atoms with Crippen LogP contribution in [0.15, 0.2) is 30.6 Å². The summed E-state index contributed by atoms with van der Waals surface area (Å²) in [6.45, 7) is 5.94. The van der Waals surface area contributed by atoms with Crippen molar-refractivity contribution in [3.05, 3.63) is 47.8 Å². The molecule has 29 heavy (non-hydrogen) atoms. The Labute approximate surface area is 167 Å². The third kappa shape index (κ3) is 3.89. The van der Waals surface area contributed by atoms with Gasteiger partial charge in [-0.2, -0.15) is 0 Å². The number of benzene rings is 1. The zero-order valence-corrected chi connectivity index (χ0v) is 16.5. The molecule has 0 atom stereocenters. The molecule has 8 nitrogen and oxygen atoms in total. The molecule has 0 unspecified atom stereocenters. The summed E-state index contributed by atoms with van der Waals surface area (Å²) in [4.78, 5) is 24.7. The minimum Gasteiger partial charge on any atom is -0.493 e. The lowest BCUT2D eigenvalue weighted by atomic mass is 10.1. The number of hydrogen-bond donors (Lipinski definition) is 1. The first kappa shape index (κ1) is 20.2. The molecule has 2 aromatic heterocycles. The number of aromatic carboxylic acids is 1. The number of carboxylic acid groups (broad SMARTS) is 1. The Kier molecular flexibility index (Phi) is 5.76. The highest BCUT2D eigenvalue weighted by atomic mass is 19.1. The summed E-state index contributed by atoms with van der Waals surface area (Å²) < 4.78 is 26.4. The lowest BCUT2D eigenvalue weighted by Gasteiger charge is -2.11. The molecule has 3 rings (SSSR count). The predicted octanol–water partition coefficient (Wildman–Crippen LogP) is 4.12. The standard InChI is InChI=1S/C20H21FN4O4/c1-5-25-17(20(26)27)16(11(2)3)24-19(25)13-9-22-10-15(23-13)29-18-12(21)7-6-8-14(18)28-4/h6-11H,5H2,1-4H3,(H,26,27). The van der Waals surface area contributed by atoms with E-state index < -0.39 is 11.8 Å². The normalized spacial score (nSPS) is 11.0. The smallest absolute Gasteiger partial charge is 0.354 e. The van der Waals surface area contributed by atoms with Crippen molar-refractivity contribution in [1.29, 1.82) is 0 Å². The van der Waals surface area contributed by atoms with Gasteiger partial charge in [0.2, 0.25) is 11.6 Å². The Morgan fingerprint density at radius 1 is 1.28 bits per heavy atom. The maximum absolute atomic E-state index is 14.2. The molecule has 0 aliphatic heterocycles. The lowest BCUT2D eigenvalue weighted by Crippen LogP contribution is -2.11. The van der Waals surface area contributed by atoms with E-state index in [1.54, 1.807) is 10.6 Å². The maximum atomic E-state index is 14.2. The molecule has 3 aromatic rings. The molecule has 2 heterocycles. The van der Waals surface area contributed by atoms with Crippen molar-refractivity contribution in [3.8, 4) is 28.9 Å². The molecule has 1 aromatic carbocycles. The minimum absolute atomic E-state index is 0.0273. The number of carbonyl (C=O) groups is 1. The van der Waals surface area contributed by atoms with Crippen LogP contribution < -0.4 is 9.47 Å². The fourth-order valence-corrected chi connectivity index (χ4v) is 2.96. The first-order valence-electron chi connectivity index (χ1n) is 9.03. The van der Waals surface area contributed by atoms with Crippen molar-refractivity contribution in [2.24, 2.45) is 0 Å². The van der Waals surface area contributed by atoms with E-state index in [0.717, 1.165) is 0 Å². The number of aromatic nitrogens is 4. The first-order valence-corrected chi connectivity index (χ1v) is 9.03. The number of halogens is 1. The van der Waals surface area contributed by atoms with Crippen LogP contribution in [-0.2, 0) is 6.54 Å². The molecule has 0 saturated carbocycles. The van der Waals surface area contributed by atoms with E-state index in [1.807, 2.05) is 20.8 Å². The van der Waals surface area contributed by atoms with E-state index in [1.165, 1.54) is 31.6 Å². The van der Waals surface area contributed by atoms with Gasteiger partial charge in [-0.05, 0) is 25.0 Å². The predicted molar refractivity (Wildman–Crippen MR) is 103 cm³/mol. The van der Waals surface area contributed by atoms with E-state index in [2.05, 4.69) is 15.0 Å². The van der Waals surface area contributed by atoms with Gasteiger partial charge in [-0.25, -0.2) is 19.2 Å². The zero-order chi connectivity index (χ0) is 21.1. The van der Waals surface area contributed by atoms with E-state index in [0.29, 0.717) is 23.8 Å². The molecule has 0 bridgehead atoms. The Balaban J connectivity index is 2.07. The first-order chi connectivity index (χ1) is 13.9. The summed E-state index contributed by atoms with van der Waals surface area (Å²) in [5.41, 5.74) is 0.883. The van der Waals surface area contributed by atoms with Gasteiger partial charge >= 0.3 is 5.97 Å². The number of ether oxygens (including phenoxy) is 2. The van der Waals surface area contributed by atoms with Gasteiger partial charge in [0.15, 0.2) is 23.1 Å². The van der Waals surface area contributed by atoms with E-state index in [4.69, 9.17) is 9.47 Å². The van der Waals surface area contributed by atoms with Gasteiger partial charge in [0.25, 0.3) is 0 Å². The van der Waals surface area contributed by atoms with Crippen LogP contribution in [0.3, 0.4) is 0 Å². The van der Waals surface area contributed by atoms with E-state index in [9.17, 15) is 14.3 Å². The topological polar surface area (TPSA) is 99.4 Å². The SMILES string of the molecule is CCn1c(-c2cncc(Oc3c(F)cccc3OC)n2)nc(C(C)C)c1C(=O)O. The number of methoxy groups -OCH3 is 1. The third-order valence-electron chi connectivity index (χ3n) is 4.26. The van der Waals surface area contributed by atoms with Crippen LogP contribution in [0.25, 0.3) is 11.5 Å². The number of para-hydroxylation sites is 1. The zero-order valence-electron chi connectivity index (χ0n) is 16.5. The Morgan fingerprint density at radius 2 is 2.03 bits per heavy atom. The number of nitrogens with zero attached hydrogens (tertiary/aromatic N) is 4. The second-order valence-electron chi connectivity index (χ2n) is 6.49. The summed E-state index contributed by atoms with van der Waals surface area (Å²) in [6.07, 6.45) is 2.78. The molecule has 0 aliphatic rings. The highest BCUT2D eigenvalue weighted by Crippen LogP contribution is 2.34. The molecule has 0 saturated heterocycles. The molecule has 0 amide bonds. The monoisotopic (exact) mass is 400 g/mol. The van der Waals surface area contributed by atoms with Crippen molar-refractivity contribution in [2.45, 2.75) is 33.2 Å². The fraction of sp³-hybridized carbons (Fsp3) is 0.300. The third-order valence-corrected chi connectivity index (χ3v) is 4.26. The Hall–Kier alpha value is -3.49. The van der Waals surface area contributed by atoms with Gasteiger partial charge < -0.3 is 19.1 Å². The molecular formula is C20H21FN4O4. The molecule has 152 valence electrons. The number of hydrogen-bond acceptors (Lipinski definition) is 6. The average Bonchev–Trinajstić information content (AvgIpc) is 3.10. The van der Waals surface area contributed by atoms with Crippen molar-refractivity contribution in [2.75, 3.05) is 7.11 Å². The number of imidazole rings is 1. The summed E-state index contributed by atoms with van der Waals surface area (Å²) in [7, 11) is 1.41. The number of rotatable bonds is 7. The Bertz CT molecular complexity index is 1050. The molecule has 0 radical (unpaired) electrons. The average molecular weight is 400 g/mol. The van der Waals surface area contributed by atoms with Crippen molar-refractivity contribution in [3.63, 3.8) is 0 Å². The van der Waals surface area contributed by atoms with Gasteiger partial charge in [-0.1, -0.05) is 19.9 Å². The minimum atomic E-state index is -1.06. The molecule has 0 aliphatic carbocycles. The van der Waals surface area contributed by atoms with Crippen LogP contribution in [0, 0.1) is 5.82 Å². The van der Waals surface area contributed by atoms with Crippen LogP contribution >= 0.6 is 0 Å². The largest absolute Gasteiger partial charge is 0.493 e. The van der Waals surface area contributed by atoms with Crippen LogP contribution in [0.4, 0.5) is 4.39 Å². The number of carboxylic acids is 1. The summed E-state index contributed by atoms with van der Waals surface area (Å²) in [5, 5.41) is 9.65. The summed E-state index contributed by atoms with van der Waals surface area (Å²) >= 11 is 0. The molecule has 1 N–H and O–H groups in total. The van der Waals surface area contributed by atoms with Crippen LogP contribution in [-0.4, -0.2) is 37.7 Å². The van der Waals surface area contributed by atoms with Crippen LogP contribution in [0.1, 0.15) is 42.9 Å². The second-order valence-corrected chi connectivity index (χ2v) is 6.49. The molecule has 0 spiro atoms. The highest BCUT2D eigenvalue weighted by molar-refractivity contribution is 5.88. The highest BCUT2D eigenvalue weighted by Gasteiger charge is 2.25. The van der Waals surface area contributed by atoms with Gasteiger partial charge in [-0.15, -0.1) is 0 Å². The van der Waals surface area contributed by atoms with Crippen molar-refractivity contribution in [1.82, 2.24) is 19.5 Å². The van der Waals surface area contributed by atoms with Gasteiger partial charge in [0.05, 0.1) is 25.2 Å². The van der Waals surface area contributed by atoms with Gasteiger partial charge in [0.1, 0.15) is 5.69 Å². The molecular weight excluding hydrogens is 379 g/mol. The van der Waals surface area contributed by atoms with E-state index in [-0.39, 0.29) is 29.0 Å². The van der Waals surface area contributed by atoms with E-state index >= 15 is 0 Å². The van der Waals surface area contributed by atoms with Crippen molar-refractivity contribution >= 4 is 5.97 Å². The molecule has 0 fully saturated rings. The quantitative estimate of drug-likeness (QED) is 0.637. The van der Waals surface area contributed by atoms with Gasteiger partial charge in [-0.3, -0.25) is 4.98 Å². The lowest BCUT2D eigenvalue weighted by molar-refractivity contribution is 0.0683. The fourth-order valence-electron chi connectivity index (χ4n) is 2.96. The van der Waals surface area contributed by atoms with Crippen LogP contribution in [0.2, 0.25) is 0 Å². The van der Waals surface area contributed by atoms with Gasteiger partial charge in [0, 0.05) is 6.54 Å². The maximum Gasteiger partial charge on any atom is 0.354 e.